The number of nitrogens with one attached hydrogen (secondary N) is 1. The lowest BCUT2D eigenvalue weighted by atomic mass is 9.95. The molecule has 0 aromatic heterocycles. The van der Waals surface area contributed by atoms with Crippen LogP contribution in [0.15, 0.2) is 60.2 Å². The number of likely N-dealkylation sites (tertiary alicyclic amines) is 1. The number of hydrogen-bond donors (Lipinski definition) is 1. The van der Waals surface area contributed by atoms with Crippen LogP contribution in [0, 0.1) is 5.92 Å². The maximum absolute atomic E-state index is 12.5. The molecule has 1 aliphatic rings. The number of methoxy groups -OCH3 is 1. The van der Waals surface area contributed by atoms with Crippen molar-refractivity contribution in [2.45, 2.75) is 26.3 Å². The second kappa shape index (κ2) is 10.1. The SMILES string of the molecule is COc1ccc(CNC(=O)C2CCN(CC(C)=Cc3ccccc3)CC2)cc1. The zero-order chi connectivity index (χ0) is 19.8. The first-order valence-corrected chi connectivity index (χ1v) is 9.99. The quantitative estimate of drug-likeness (QED) is 0.788. The Balaban J connectivity index is 1.41. The number of ether oxygens (including phenoxy) is 1. The van der Waals surface area contributed by atoms with E-state index in [0.29, 0.717) is 6.54 Å². The van der Waals surface area contributed by atoms with E-state index in [1.54, 1.807) is 7.11 Å². The molecule has 1 amide bonds. The number of nitrogens with zero attached hydrogens (tertiary/aromatic N) is 1. The van der Waals surface area contributed by atoms with Crippen molar-refractivity contribution >= 4 is 12.0 Å². The minimum Gasteiger partial charge on any atom is -0.497 e. The van der Waals surface area contributed by atoms with Crippen molar-refractivity contribution in [3.63, 3.8) is 0 Å². The maximum Gasteiger partial charge on any atom is 0.223 e. The molecule has 0 aliphatic carbocycles. The van der Waals surface area contributed by atoms with Crippen molar-refractivity contribution in [2.75, 3.05) is 26.7 Å². The number of carbonyl (C=O) groups is 1. The molecule has 1 N–H and O–H groups in total. The van der Waals surface area contributed by atoms with E-state index < -0.39 is 0 Å². The van der Waals surface area contributed by atoms with Gasteiger partial charge in [0.25, 0.3) is 0 Å². The zero-order valence-corrected chi connectivity index (χ0v) is 16.9. The van der Waals surface area contributed by atoms with Crippen LogP contribution in [0.5, 0.6) is 5.75 Å². The molecular formula is C24H30N2O2. The van der Waals surface area contributed by atoms with Crippen molar-refractivity contribution in [3.05, 3.63) is 71.3 Å². The standard InChI is InChI=1S/C24H30N2O2/c1-19(16-20-6-4-3-5-7-20)18-26-14-12-22(13-15-26)24(27)25-17-21-8-10-23(28-2)11-9-21/h3-11,16,22H,12-15,17-18H2,1-2H3,(H,25,27). The smallest absolute Gasteiger partial charge is 0.223 e. The lowest BCUT2D eigenvalue weighted by Gasteiger charge is -2.31. The van der Waals surface area contributed by atoms with Gasteiger partial charge in [0, 0.05) is 19.0 Å². The molecule has 0 radical (unpaired) electrons. The summed E-state index contributed by atoms with van der Waals surface area (Å²) in [4.78, 5) is 14.9. The Morgan fingerprint density at radius 3 is 2.43 bits per heavy atom. The first kappa shape index (κ1) is 20.2. The van der Waals surface area contributed by atoms with Crippen molar-refractivity contribution in [1.29, 1.82) is 0 Å². The van der Waals surface area contributed by atoms with Gasteiger partial charge in [-0.2, -0.15) is 0 Å². The molecule has 2 aromatic rings. The first-order chi connectivity index (χ1) is 13.6. The molecule has 0 atom stereocenters. The Kier molecular flexibility index (Phi) is 7.26. The molecule has 3 rings (SSSR count). The van der Waals surface area contributed by atoms with E-state index in [4.69, 9.17) is 4.74 Å². The van der Waals surface area contributed by atoms with Crippen LogP contribution in [-0.2, 0) is 11.3 Å². The minimum absolute atomic E-state index is 0.118. The molecule has 4 heteroatoms. The molecule has 1 aliphatic heterocycles. The van der Waals surface area contributed by atoms with E-state index in [9.17, 15) is 4.79 Å². The largest absolute Gasteiger partial charge is 0.497 e. The fraction of sp³-hybridized carbons (Fsp3) is 0.375. The molecule has 0 bridgehead atoms. The van der Waals surface area contributed by atoms with Crippen LogP contribution in [-0.4, -0.2) is 37.6 Å². The molecular weight excluding hydrogens is 348 g/mol. The van der Waals surface area contributed by atoms with Crippen LogP contribution < -0.4 is 10.1 Å². The Morgan fingerprint density at radius 2 is 1.79 bits per heavy atom. The van der Waals surface area contributed by atoms with E-state index in [-0.39, 0.29) is 11.8 Å². The summed E-state index contributed by atoms with van der Waals surface area (Å²) in [6.07, 6.45) is 4.09. The third-order valence-electron chi connectivity index (χ3n) is 5.27. The highest BCUT2D eigenvalue weighted by Crippen LogP contribution is 2.19. The number of rotatable bonds is 7. The summed E-state index contributed by atoms with van der Waals surface area (Å²) in [7, 11) is 1.65. The van der Waals surface area contributed by atoms with Crippen molar-refractivity contribution in [2.24, 2.45) is 5.92 Å². The predicted octanol–water partition coefficient (Wildman–Crippen LogP) is 4.13. The summed E-state index contributed by atoms with van der Waals surface area (Å²) >= 11 is 0. The van der Waals surface area contributed by atoms with Gasteiger partial charge >= 0.3 is 0 Å². The number of hydrogen-bond acceptors (Lipinski definition) is 3. The lowest BCUT2D eigenvalue weighted by Crippen LogP contribution is -2.40. The molecule has 1 fully saturated rings. The molecule has 148 valence electrons. The average Bonchev–Trinajstić information content (AvgIpc) is 2.73. The van der Waals surface area contributed by atoms with Gasteiger partial charge in [0.15, 0.2) is 0 Å². The van der Waals surface area contributed by atoms with E-state index in [0.717, 1.165) is 43.8 Å². The molecule has 0 saturated carbocycles. The van der Waals surface area contributed by atoms with Crippen molar-refractivity contribution in [3.8, 4) is 5.75 Å². The van der Waals surface area contributed by atoms with E-state index in [1.807, 2.05) is 30.3 Å². The van der Waals surface area contributed by atoms with E-state index in [2.05, 4.69) is 47.5 Å². The topological polar surface area (TPSA) is 41.6 Å². The summed E-state index contributed by atoms with van der Waals surface area (Å²) in [6, 6.07) is 18.2. The van der Waals surface area contributed by atoms with Crippen LogP contribution in [0.4, 0.5) is 0 Å². The Labute approximate surface area is 168 Å². The van der Waals surface area contributed by atoms with Gasteiger partial charge in [-0.15, -0.1) is 0 Å². The van der Waals surface area contributed by atoms with Gasteiger partial charge in [0.2, 0.25) is 5.91 Å². The van der Waals surface area contributed by atoms with E-state index >= 15 is 0 Å². The van der Waals surface area contributed by atoms with Crippen LogP contribution in [0.1, 0.15) is 30.9 Å². The monoisotopic (exact) mass is 378 g/mol. The Bertz CT molecular complexity index is 776. The second-order valence-corrected chi connectivity index (χ2v) is 7.52. The molecule has 1 heterocycles. The van der Waals surface area contributed by atoms with Crippen LogP contribution in [0.2, 0.25) is 0 Å². The predicted molar refractivity (Wildman–Crippen MR) is 114 cm³/mol. The van der Waals surface area contributed by atoms with Gasteiger partial charge in [-0.05, 0) is 56.1 Å². The maximum atomic E-state index is 12.5. The van der Waals surface area contributed by atoms with Crippen LogP contribution in [0.3, 0.4) is 0 Å². The van der Waals surface area contributed by atoms with Gasteiger partial charge in [-0.1, -0.05) is 54.1 Å². The average molecular weight is 379 g/mol. The van der Waals surface area contributed by atoms with E-state index in [1.165, 1.54) is 11.1 Å². The highest BCUT2D eigenvalue weighted by molar-refractivity contribution is 5.78. The number of piperidine rings is 1. The summed E-state index contributed by atoms with van der Waals surface area (Å²) in [5, 5.41) is 3.08. The lowest BCUT2D eigenvalue weighted by molar-refractivity contribution is -0.126. The molecule has 0 spiro atoms. The van der Waals surface area contributed by atoms with Gasteiger partial charge in [0.1, 0.15) is 5.75 Å². The third kappa shape index (κ3) is 5.96. The summed E-state index contributed by atoms with van der Waals surface area (Å²) in [5.74, 6) is 1.12. The summed E-state index contributed by atoms with van der Waals surface area (Å²) in [5.41, 5.74) is 3.69. The summed E-state index contributed by atoms with van der Waals surface area (Å²) in [6.45, 7) is 5.67. The van der Waals surface area contributed by atoms with Gasteiger partial charge in [0.05, 0.1) is 7.11 Å². The van der Waals surface area contributed by atoms with Gasteiger partial charge in [-0.3, -0.25) is 9.69 Å². The third-order valence-corrected chi connectivity index (χ3v) is 5.27. The highest BCUT2D eigenvalue weighted by Gasteiger charge is 2.24. The normalized spacial score (nSPS) is 16.0. The number of amides is 1. The van der Waals surface area contributed by atoms with Crippen molar-refractivity contribution < 1.29 is 9.53 Å². The summed E-state index contributed by atoms with van der Waals surface area (Å²) < 4.78 is 5.16. The van der Waals surface area contributed by atoms with Crippen molar-refractivity contribution in [1.82, 2.24) is 10.2 Å². The molecule has 4 nitrogen and oxygen atoms in total. The second-order valence-electron chi connectivity index (χ2n) is 7.52. The molecule has 0 unspecified atom stereocenters. The molecule has 1 saturated heterocycles. The first-order valence-electron chi connectivity index (χ1n) is 9.99. The molecule has 28 heavy (non-hydrogen) atoms. The fourth-order valence-electron chi connectivity index (χ4n) is 3.66. The Morgan fingerprint density at radius 1 is 1.11 bits per heavy atom. The zero-order valence-electron chi connectivity index (χ0n) is 16.9. The van der Waals surface area contributed by atoms with Crippen LogP contribution >= 0.6 is 0 Å². The number of carbonyl (C=O) groups excluding carboxylic acids is 1. The fourth-order valence-corrected chi connectivity index (χ4v) is 3.66. The van der Waals surface area contributed by atoms with Gasteiger partial charge in [-0.25, -0.2) is 0 Å². The highest BCUT2D eigenvalue weighted by atomic mass is 16.5. The number of benzene rings is 2. The molecule has 2 aromatic carbocycles. The minimum atomic E-state index is 0.118. The van der Waals surface area contributed by atoms with Crippen LogP contribution in [0.25, 0.3) is 6.08 Å². The Hall–Kier alpha value is -2.59. The van der Waals surface area contributed by atoms with Gasteiger partial charge < -0.3 is 10.1 Å².